The van der Waals surface area contributed by atoms with Gasteiger partial charge in [0.05, 0.1) is 16.9 Å². The molecule has 5 rings (SSSR count). The van der Waals surface area contributed by atoms with Crippen molar-refractivity contribution in [2.24, 2.45) is 11.8 Å². The maximum absolute atomic E-state index is 12.7. The summed E-state index contributed by atoms with van der Waals surface area (Å²) in [5.74, 6) is 0.311. The van der Waals surface area contributed by atoms with Crippen LogP contribution in [0.25, 0.3) is 11.4 Å². The fourth-order valence-corrected chi connectivity index (χ4v) is 5.39. The van der Waals surface area contributed by atoms with Gasteiger partial charge in [0.15, 0.2) is 5.82 Å². The summed E-state index contributed by atoms with van der Waals surface area (Å²) in [4.78, 5) is 39.1. The van der Waals surface area contributed by atoms with E-state index < -0.39 is 5.91 Å². The molecule has 1 saturated heterocycles. The van der Waals surface area contributed by atoms with Crippen LogP contribution < -0.4 is 5.32 Å². The van der Waals surface area contributed by atoms with Gasteiger partial charge in [-0.25, -0.2) is 0 Å². The van der Waals surface area contributed by atoms with Crippen LogP contribution in [0.1, 0.15) is 50.8 Å². The zero-order valence-electron chi connectivity index (χ0n) is 17.8. The van der Waals surface area contributed by atoms with Gasteiger partial charge in [0.25, 0.3) is 0 Å². The van der Waals surface area contributed by atoms with E-state index in [4.69, 9.17) is 11.6 Å². The second-order valence-corrected chi connectivity index (χ2v) is 9.31. The molecule has 9 heteroatoms. The van der Waals surface area contributed by atoms with Crippen LogP contribution in [-0.2, 0) is 27.3 Å². The van der Waals surface area contributed by atoms with Crippen LogP contribution in [0.3, 0.4) is 0 Å². The molecule has 1 aromatic carbocycles. The van der Waals surface area contributed by atoms with Crippen molar-refractivity contribution in [1.29, 1.82) is 0 Å². The average molecular weight is 456 g/mol. The topological polar surface area (TPSA) is 97.2 Å². The third-order valence-corrected chi connectivity index (χ3v) is 7.16. The van der Waals surface area contributed by atoms with Crippen molar-refractivity contribution in [1.82, 2.24) is 19.7 Å². The van der Waals surface area contributed by atoms with Gasteiger partial charge in [-0.3, -0.25) is 19.3 Å². The van der Waals surface area contributed by atoms with Crippen molar-refractivity contribution in [2.75, 3.05) is 11.9 Å². The maximum Gasteiger partial charge on any atom is 0.244 e. The fourth-order valence-electron chi connectivity index (χ4n) is 5.19. The van der Waals surface area contributed by atoms with Gasteiger partial charge in [-0.05, 0) is 43.9 Å². The molecule has 1 aromatic heterocycles. The lowest BCUT2D eigenvalue weighted by Crippen LogP contribution is -2.38. The third kappa shape index (κ3) is 3.81. The predicted octanol–water partition coefficient (Wildman–Crippen LogP) is 3.44. The zero-order chi connectivity index (χ0) is 22.2. The number of likely N-dealkylation sites (tertiary alicyclic amines) is 1. The van der Waals surface area contributed by atoms with Crippen LogP contribution >= 0.6 is 11.6 Å². The molecule has 32 heavy (non-hydrogen) atoms. The summed E-state index contributed by atoms with van der Waals surface area (Å²) in [5, 5.41) is 12.0. The molecular weight excluding hydrogens is 430 g/mol. The van der Waals surface area contributed by atoms with Gasteiger partial charge in [0, 0.05) is 24.2 Å². The van der Waals surface area contributed by atoms with E-state index in [9.17, 15) is 14.4 Å². The molecule has 3 amide bonds. The number of nitrogens with one attached hydrogen (secondary N) is 1. The van der Waals surface area contributed by atoms with E-state index in [0.717, 1.165) is 68.6 Å². The number of carbonyl (C=O) groups is 3. The third-order valence-electron chi connectivity index (χ3n) is 6.83. The van der Waals surface area contributed by atoms with E-state index in [1.54, 1.807) is 18.2 Å². The maximum atomic E-state index is 12.7. The van der Waals surface area contributed by atoms with Crippen LogP contribution in [0.5, 0.6) is 0 Å². The number of fused-ring (bicyclic) bond motifs is 2. The van der Waals surface area contributed by atoms with Crippen LogP contribution in [0.15, 0.2) is 18.2 Å². The molecule has 2 aromatic rings. The molecule has 168 valence electrons. The number of amides is 3. The Kier molecular flexibility index (Phi) is 5.71. The zero-order valence-corrected chi connectivity index (χ0v) is 18.6. The van der Waals surface area contributed by atoms with Crippen molar-refractivity contribution in [2.45, 2.75) is 57.9 Å². The number of benzene rings is 1. The number of aryl methyl sites for hydroxylation is 1. The molecule has 2 atom stereocenters. The first-order valence-corrected chi connectivity index (χ1v) is 11.8. The molecule has 1 N–H and O–H groups in total. The number of hydrogen-bond donors (Lipinski definition) is 1. The highest BCUT2D eigenvalue weighted by molar-refractivity contribution is 6.33. The number of anilines is 1. The van der Waals surface area contributed by atoms with Crippen LogP contribution in [0.2, 0.25) is 5.02 Å². The number of aromatic nitrogens is 3. The summed E-state index contributed by atoms with van der Waals surface area (Å²) in [5.41, 5.74) is 1.24. The fraction of sp³-hybridized carbons (Fsp3) is 0.522. The smallest absolute Gasteiger partial charge is 0.244 e. The lowest BCUT2D eigenvalue weighted by atomic mass is 9.81. The Morgan fingerprint density at radius 3 is 2.53 bits per heavy atom. The number of nitrogens with zero attached hydrogens (tertiary/aromatic N) is 4. The van der Waals surface area contributed by atoms with Gasteiger partial charge in [-0.15, -0.1) is 10.2 Å². The molecule has 2 fully saturated rings. The van der Waals surface area contributed by atoms with E-state index in [1.807, 2.05) is 0 Å². The van der Waals surface area contributed by atoms with E-state index in [0.29, 0.717) is 22.1 Å². The molecule has 0 spiro atoms. The highest BCUT2D eigenvalue weighted by Crippen LogP contribution is 2.38. The Balaban J connectivity index is 1.32. The summed E-state index contributed by atoms with van der Waals surface area (Å²) in [7, 11) is 0. The first-order chi connectivity index (χ1) is 15.5. The predicted molar refractivity (Wildman–Crippen MR) is 119 cm³/mol. The number of rotatable bonds is 4. The minimum atomic E-state index is -0.404. The van der Waals surface area contributed by atoms with E-state index in [1.165, 1.54) is 0 Å². The van der Waals surface area contributed by atoms with E-state index >= 15 is 0 Å². The Hall–Kier alpha value is -2.74. The van der Waals surface area contributed by atoms with Gasteiger partial charge < -0.3 is 9.88 Å². The van der Waals surface area contributed by atoms with Gasteiger partial charge in [0.1, 0.15) is 12.4 Å². The van der Waals surface area contributed by atoms with Gasteiger partial charge in [-0.1, -0.05) is 30.9 Å². The first-order valence-electron chi connectivity index (χ1n) is 11.4. The van der Waals surface area contributed by atoms with Crippen LogP contribution in [0.4, 0.5) is 5.69 Å². The molecule has 1 saturated carbocycles. The molecule has 8 nitrogen and oxygen atoms in total. The second-order valence-electron chi connectivity index (χ2n) is 8.90. The molecular formula is C23H26ClN5O3. The van der Waals surface area contributed by atoms with E-state index in [-0.39, 0.29) is 30.2 Å². The SMILES string of the molecule is O=C(CN1C(=O)C2CCCCC2C1=O)Nc1ccc(Cl)c(-c2nnc3n2CCCCC3)c1. The monoisotopic (exact) mass is 455 g/mol. The van der Waals surface area contributed by atoms with Gasteiger partial charge in [-0.2, -0.15) is 0 Å². The highest BCUT2D eigenvalue weighted by atomic mass is 35.5. The summed E-state index contributed by atoms with van der Waals surface area (Å²) < 4.78 is 2.10. The Labute approximate surface area is 191 Å². The Morgan fingerprint density at radius 2 is 1.78 bits per heavy atom. The largest absolute Gasteiger partial charge is 0.325 e. The van der Waals surface area contributed by atoms with Gasteiger partial charge in [0.2, 0.25) is 17.7 Å². The van der Waals surface area contributed by atoms with Crippen molar-refractivity contribution >= 4 is 35.0 Å². The second kappa shape index (κ2) is 8.65. The minimum Gasteiger partial charge on any atom is -0.325 e. The summed E-state index contributed by atoms with van der Waals surface area (Å²) in [6.45, 7) is 0.578. The minimum absolute atomic E-state index is 0.210. The van der Waals surface area contributed by atoms with Gasteiger partial charge >= 0.3 is 0 Å². The summed E-state index contributed by atoms with van der Waals surface area (Å²) in [6.07, 6.45) is 7.58. The van der Waals surface area contributed by atoms with Crippen LogP contribution in [0, 0.1) is 11.8 Å². The van der Waals surface area contributed by atoms with Crippen molar-refractivity contribution in [3.63, 3.8) is 0 Å². The molecule has 3 heterocycles. The molecule has 2 aliphatic heterocycles. The van der Waals surface area contributed by atoms with Crippen LogP contribution in [-0.4, -0.2) is 43.9 Å². The van der Waals surface area contributed by atoms with Crippen molar-refractivity contribution < 1.29 is 14.4 Å². The summed E-state index contributed by atoms with van der Waals surface area (Å²) in [6, 6.07) is 5.19. The van der Waals surface area contributed by atoms with Crippen molar-refractivity contribution in [3.8, 4) is 11.4 Å². The lowest BCUT2D eigenvalue weighted by molar-refractivity contribution is -0.142. The molecule has 2 unspecified atom stereocenters. The van der Waals surface area contributed by atoms with Crippen molar-refractivity contribution in [3.05, 3.63) is 29.0 Å². The molecule has 1 aliphatic carbocycles. The quantitative estimate of drug-likeness (QED) is 0.712. The average Bonchev–Trinajstić information content (AvgIpc) is 3.18. The highest BCUT2D eigenvalue weighted by Gasteiger charge is 2.48. The van der Waals surface area contributed by atoms with E-state index in [2.05, 4.69) is 20.1 Å². The number of carbonyl (C=O) groups excluding carboxylic acids is 3. The number of halogens is 1. The lowest BCUT2D eigenvalue weighted by Gasteiger charge is -2.19. The Morgan fingerprint density at radius 1 is 1.03 bits per heavy atom. The Bertz CT molecular complexity index is 1060. The molecule has 3 aliphatic rings. The molecule has 0 radical (unpaired) electrons. The normalized spacial score (nSPS) is 23.0. The first kappa shape index (κ1) is 21.1. The molecule has 0 bridgehead atoms. The summed E-state index contributed by atoms with van der Waals surface area (Å²) >= 11 is 6.46. The number of imide groups is 1. The number of hydrogen-bond acceptors (Lipinski definition) is 5. The standard InChI is InChI=1S/C23H26ClN5O3/c24-18-10-9-14(12-17(18)21-27-26-19-8-2-1-5-11-28(19)21)25-20(30)13-29-22(31)15-6-3-4-7-16(15)23(29)32/h9-10,12,15-16H,1-8,11,13H2,(H,25,30).